The molecule has 2 aromatic rings. The zero-order chi connectivity index (χ0) is 18.4. The normalized spacial score (nSPS) is 11.8. The van der Waals surface area contributed by atoms with Crippen LogP contribution in [0.5, 0.6) is 0 Å². The van der Waals surface area contributed by atoms with E-state index in [0.717, 1.165) is 11.1 Å². The number of hydrogen-bond donors (Lipinski definition) is 2. The van der Waals surface area contributed by atoms with E-state index in [9.17, 15) is 9.59 Å². The van der Waals surface area contributed by atoms with Crippen LogP contribution >= 0.6 is 0 Å². The molecule has 0 saturated carbocycles. The average molecular weight is 344 g/mol. The summed E-state index contributed by atoms with van der Waals surface area (Å²) in [7, 11) is 1.58. The molecule has 0 radical (unpaired) electrons. The SMILES string of the molecule is COCCNC(=O)c1cccc(NC(=O)C(C)n2cc(C)cn2)c1C. The van der Waals surface area contributed by atoms with Crippen molar-refractivity contribution in [3.8, 4) is 0 Å². The van der Waals surface area contributed by atoms with Crippen LogP contribution in [0.25, 0.3) is 0 Å². The summed E-state index contributed by atoms with van der Waals surface area (Å²) in [6.07, 6.45) is 3.52. The van der Waals surface area contributed by atoms with Gasteiger partial charge >= 0.3 is 0 Å². The van der Waals surface area contributed by atoms with Crippen molar-refractivity contribution in [3.63, 3.8) is 0 Å². The van der Waals surface area contributed by atoms with Crippen molar-refractivity contribution in [3.05, 3.63) is 47.3 Å². The Morgan fingerprint density at radius 1 is 1.32 bits per heavy atom. The summed E-state index contributed by atoms with van der Waals surface area (Å²) in [4.78, 5) is 24.7. The van der Waals surface area contributed by atoms with Crippen LogP contribution in [0.2, 0.25) is 0 Å². The van der Waals surface area contributed by atoms with Crippen molar-refractivity contribution in [2.75, 3.05) is 25.6 Å². The van der Waals surface area contributed by atoms with E-state index in [0.29, 0.717) is 24.4 Å². The average Bonchev–Trinajstić information content (AvgIpc) is 3.02. The molecule has 1 aromatic heterocycles. The van der Waals surface area contributed by atoms with Crippen LogP contribution in [0.4, 0.5) is 5.69 Å². The molecule has 25 heavy (non-hydrogen) atoms. The molecule has 1 unspecified atom stereocenters. The topological polar surface area (TPSA) is 85.3 Å². The van der Waals surface area contributed by atoms with Crippen LogP contribution in [0, 0.1) is 13.8 Å². The molecule has 0 bridgehead atoms. The predicted molar refractivity (Wildman–Crippen MR) is 95.7 cm³/mol. The minimum absolute atomic E-state index is 0.192. The minimum atomic E-state index is -0.452. The lowest BCUT2D eigenvalue weighted by Crippen LogP contribution is -2.28. The standard InChI is InChI=1S/C18H24N4O3/c1-12-10-20-22(11-12)14(3)17(23)21-16-7-5-6-15(13(16)2)18(24)19-8-9-25-4/h5-7,10-11,14H,8-9H2,1-4H3,(H,19,24)(H,21,23). The molecule has 0 spiro atoms. The molecule has 1 aromatic carbocycles. The number of methoxy groups -OCH3 is 1. The molecule has 2 rings (SSSR count). The van der Waals surface area contributed by atoms with Gasteiger partial charge in [-0.2, -0.15) is 5.10 Å². The molecule has 2 N–H and O–H groups in total. The second kappa shape index (κ2) is 8.43. The van der Waals surface area contributed by atoms with Gasteiger partial charge in [0.2, 0.25) is 5.91 Å². The van der Waals surface area contributed by atoms with Gasteiger partial charge < -0.3 is 15.4 Å². The first kappa shape index (κ1) is 18.7. The van der Waals surface area contributed by atoms with Gasteiger partial charge in [-0.05, 0) is 44.0 Å². The molecular formula is C18H24N4O3. The smallest absolute Gasteiger partial charge is 0.251 e. The first-order valence-electron chi connectivity index (χ1n) is 8.12. The van der Waals surface area contributed by atoms with Gasteiger partial charge in [-0.3, -0.25) is 14.3 Å². The number of aryl methyl sites for hydroxylation is 1. The molecule has 7 nitrogen and oxygen atoms in total. The van der Waals surface area contributed by atoms with Crippen molar-refractivity contribution >= 4 is 17.5 Å². The number of anilines is 1. The number of amides is 2. The van der Waals surface area contributed by atoms with E-state index >= 15 is 0 Å². The van der Waals surface area contributed by atoms with Crippen LogP contribution in [0.3, 0.4) is 0 Å². The zero-order valence-electron chi connectivity index (χ0n) is 15.0. The van der Waals surface area contributed by atoms with E-state index in [2.05, 4.69) is 15.7 Å². The molecule has 0 saturated heterocycles. The number of carbonyl (C=O) groups is 2. The molecule has 7 heteroatoms. The Labute approximate surface area is 147 Å². The summed E-state index contributed by atoms with van der Waals surface area (Å²) in [6.45, 7) is 6.38. The highest BCUT2D eigenvalue weighted by Gasteiger charge is 2.18. The summed E-state index contributed by atoms with van der Waals surface area (Å²) >= 11 is 0. The van der Waals surface area contributed by atoms with Gasteiger partial charge in [-0.15, -0.1) is 0 Å². The van der Waals surface area contributed by atoms with Gasteiger partial charge in [0, 0.05) is 31.1 Å². The van der Waals surface area contributed by atoms with Gasteiger partial charge in [0.05, 0.1) is 12.8 Å². The number of nitrogens with one attached hydrogen (secondary N) is 2. The third-order valence-corrected chi connectivity index (χ3v) is 3.93. The van der Waals surface area contributed by atoms with Crippen LogP contribution in [-0.4, -0.2) is 41.9 Å². The highest BCUT2D eigenvalue weighted by Crippen LogP contribution is 2.20. The van der Waals surface area contributed by atoms with Gasteiger partial charge in [0.15, 0.2) is 0 Å². The summed E-state index contributed by atoms with van der Waals surface area (Å²) in [5.74, 6) is -0.385. The Morgan fingerprint density at radius 2 is 2.08 bits per heavy atom. The Bertz CT molecular complexity index is 755. The number of ether oxygens (including phenoxy) is 1. The third kappa shape index (κ3) is 4.67. The number of carbonyl (C=O) groups excluding carboxylic acids is 2. The van der Waals surface area contributed by atoms with E-state index in [-0.39, 0.29) is 11.8 Å². The molecule has 2 amide bonds. The monoisotopic (exact) mass is 344 g/mol. The van der Waals surface area contributed by atoms with Gasteiger partial charge in [-0.25, -0.2) is 0 Å². The van der Waals surface area contributed by atoms with Crippen LogP contribution in [0.1, 0.15) is 34.5 Å². The van der Waals surface area contributed by atoms with Crippen molar-refractivity contribution in [2.45, 2.75) is 26.8 Å². The van der Waals surface area contributed by atoms with E-state index < -0.39 is 6.04 Å². The van der Waals surface area contributed by atoms with Crippen molar-refractivity contribution < 1.29 is 14.3 Å². The molecule has 1 heterocycles. The van der Waals surface area contributed by atoms with E-state index in [4.69, 9.17) is 4.74 Å². The molecule has 134 valence electrons. The first-order chi connectivity index (χ1) is 11.9. The number of rotatable bonds is 7. The summed E-state index contributed by atoms with van der Waals surface area (Å²) in [5, 5.41) is 9.83. The molecule has 0 aliphatic carbocycles. The Morgan fingerprint density at radius 3 is 2.72 bits per heavy atom. The summed E-state index contributed by atoms with van der Waals surface area (Å²) < 4.78 is 6.54. The summed E-state index contributed by atoms with van der Waals surface area (Å²) in [5.41, 5.74) is 2.84. The largest absolute Gasteiger partial charge is 0.383 e. The summed E-state index contributed by atoms with van der Waals surface area (Å²) in [6, 6.07) is 4.80. The fourth-order valence-electron chi connectivity index (χ4n) is 2.38. The van der Waals surface area contributed by atoms with Gasteiger partial charge in [0.1, 0.15) is 6.04 Å². The maximum absolute atomic E-state index is 12.5. The van der Waals surface area contributed by atoms with Crippen molar-refractivity contribution in [1.29, 1.82) is 0 Å². The lowest BCUT2D eigenvalue weighted by molar-refractivity contribution is -0.119. The fourth-order valence-corrected chi connectivity index (χ4v) is 2.38. The third-order valence-electron chi connectivity index (χ3n) is 3.93. The van der Waals surface area contributed by atoms with Crippen LogP contribution in [0.15, 0.2) is 30.6 Å². The second-order valence-electron chi connectivity index (χ2n) is 5.89. The predicted octanol–water partition coefficient (Wildman–Crippen LogP) is 2.08. The van der Waals surface area contributed by atoms with Crippen LogP contribution < -0.4 is 10.6 Å². The maximum Gasteiger partial charge on any atom is 0.251 e. The number of nitrogens with zero attached hydrogens (tertiary/aromatic N) is 2. The lowest BCUT2D eigenvalue weighted by Gasteiger charge is -2.16. The van der Waals surface area contributed by atoms with Gasteiger partial charge in [0.25, 0.3) is 5.91 Å². The number of benzene rings is 1. The molecule has 0 aliphatic heterocycles. The maximum atomic E-state index is 12.5. The van der Waals surface area contributed by atoms with E-state index in [1.165, 1.54) is 0 Å². The Kier molecular flexibility index (Phi) is 6.30. The Hall–Kier alpha value is -2.67. The first-order valence-corrected chi connectivity index (χ1v) is 8.12. The fraction of sp³-hybridized carbons (Fsp3) is 0.389. The van der Waals surface area contributed by atoms with E-state index in [1.54, 1.807) is 43.1 Å². The number of aromatic nitrogens is 2. The Balaban J connectivity index is 2.10. The van der Waals surface area contributed by atoms with Crippen molar-refractivity contribution in [1.82, 2.24) is 15.1 Å². The minimum Gasteiger partial charge on any atom is -0.383 e. The molecule has 0 aliphatic rings. The number of hydrogen-bond acceptors (Lipinski definition) is 4. The van der Waals surface area contributed by atoms with E-state index in [1.807, 2.05) is 20.0 Å². The molecule has 1 atom stereocenters. The van der Waals surface area contributed by atoms with Gasteiger partial charge in [-0.1, -0.05) is 6.07 Å². The highest BCUT2D eigenvalue weighted by atomic mass is 16.5. The second-order valence-corrected chi connectivity index (χ2v) is 5.89. The van der Waals surface area contributed by atoms with Crippen molar-refractivity contribution in [2.24, 2.45) is 0 Å². The molecular weight excluding hydrogens is 320 g/mol. The quantitative estimate of drug-likeness (QED) is 0.753. The highest BCUT2D eigenvalue weighted by molar-refractivity contribution is 6.00. The zero-order valence-corrected chi connectivity index (χ0v) is 15.0. The van der Waals surface area contributed by atoms with Crippen LogP contribution in [-0.2, 0) is 9.53 Å². The molecule has 0 fully saturated rings. The lowest BCUT2D eigenvalue weighted by atomic mass is 10.1.